The molecule has 3 rings (SSSR count). The second kappa shape index (κ2) is 6.42. The van der Waals surface area contributed by atoms with E-state index in [1.807, 2.05) is 0 Å². The van der Waals surface area contributed by atoms with Crippen LogP contribution in [0.4, 0.5) is 0 Å². The number of fused-ring (bicyclic) bond motifs is 1. The number of hydrogen-bond acceptors (Lipinski definition) is 5. The van der Waals surface area contributed by atoms with Crippen LogP contribution in [0, 0.1) is 17.2 Å². The van der Waals surface area contributed by atoms with E-state index < -0.39 is 17.7 Å². The van der Waals surface area contributed by atoms with Crippen LogP contribution in [0.2, 0.25) is 0 Å². The molecule has 0 saturated carbocycles. The van der Waals surface area contributed by atoms with E-state index >= 15 is 0 Å². The number of aliphatic hydroxyl groups is 1. The zero-order chi connectivity index (χ0) is 17.3. The lowest BCUT2D eigenvalue weighted by atomic mass is 9.85. The number of carbonyl (C=O) groups excluding carboxylic acids is 1. The number of benzene rings is 1. The molecule has 1 fully saturated rings. The van der Waals surface area contributed by atoms with Crippen LogP contribution in [0.25, 0.3) is 0 Å². The van der Waals surface area contributed by atoms with Crippen LogP contribution < -0.4 is 15.4 Å². The first kappa shape index (κ1) is 16.7. The quantitative estimate of drug-likeness (QED) is 0.759. The summed E-state index contributed by atoms with van der Waals surface area (Å²) >= 11 is 0. The van der Waals surface area contributed by atoms with E-state index in [0.29, 0.717) is 23.4 Å². The van der Waals surface area contributed by atoms with E-state index in [0.717, 1.165) is 19.4 Å². The van der Waals surface area contributed by atoms with Crippen molar-refractivity contribution < 1.29 is 14.6 Å². The number of nitrogens with zero attached hydrogens (tertiary/aromatic N) is 1. The molecule has 0 spiro atoms. The van der Waals surface area contributed by atoms with Gasteiger partial charge in [-0.25, -0.2) is 0 Å². The van der Waals surface area contributed by atoms with Crippen LogP contribution in [-0.4, -0.2) is 35.8 Å². The Labute approximate surface area is 141 Å². The Morgan fingerprint density at radius 2 is 2.29 bits per heavy atom. The lowest BCUT2D eigenvalue weighted by molar-refractivity contribution is -0.130. The van der Waals surface area contributed by atoms with Gasteiger partial charge in [0.25, 0.3) is 0 Å². The van der Waals surface area contributed by atoms with Gasteiger partial charge in [-0.1, -0.05) is 0 Å². The standard InChI is InChI=1S/C18H23N3O3/c1-18(2)16(22)15(21-17(23)12-4-3-7-20-10-12)13-8-11(9-19)5-6-14(13)24-18/h5-6,8,12,15-16,20,22H,3-4,7,10H2,1-2H3,(H,21,23)/t12?,15-,16+/m1/s1. The van der Waals surface area contributed by atoms with E-state index in [1.165, 1.54) is 0 Å². The van der Waals surface area contributed by atoms with Gasteiger partial charge in [0.1, 0.15) is 17.5 Å². The fourth-order valence-corrected chi connectivity index (χ4v) is 3.37. The molecule has 6 heteroatoms. The Bertz CT molecular complexity index is 675. The molecule has 1 unspecified atom stereocenters. The van der Waals surface area contributed by atoms with Crippen LogP contribution in [0.3, 0.4) is 0 Å². The van der Waals surface area contributed by atoms with Gasteiger partial charge in [0.05, 0.1) is 23.6 Å². The summed E-state index contributed by atoms with van der Waals surface area (Å²) in [5, 5.41) is 26.1. The van der Waals surface area contributed by atoms with Gasteiger partial charge < -0.3 is 20.5 Å². The normalized spacial score (nSPS) is 28.2. The molecule has 1 aromatic carbocycles. The van der Waals surface area contributed by atoms with Gasteiger partial charge in [0.2, 0.25) is 5.91 Å². The Morgan fingerprint density at radius 3 is 2.96 bits per heavy atom. The summed E-state index contributed by atoms with van der Waals surface area (Å²) < 4.78 is 5.87. The molecule has 2 aliphatic rings. The summed E-state index contributed by atoms with van der Waals surface area (Å²) in [6.45, 7) is 5.17. The minimum atomic E-state index is -0.903. The number of hydrogen-bond donors (Lipinski definition) is 3. The fraction of sp³-hybridized carbons (Fsp3) is 0.556. The number of amides is 1. The topological polar surface area (TPSA) is 94.4 Å². The summed E-state index contributed by atoms with van der Waals surface area (Å²) in [5.41, 5.74) is 0.296. The maximum Gasteiger partial charge on any atom is 0.224 e. The first-order chi connectivity index (χ1) is 11.4. The molecule has 0 aliphatic carbocycles. The van der Waals surface area contributed by atoms with Crippen molar-refractivity contribution >= 4 is 5.91 Å². The summed E-state index contributed by atoms with van der Waals surface area (Å²) in [6.07, 6.45) is 0.904. The van der Waals surface area contributed by atoms with Crippen LogP contribution in [0.5, 0.6) is 5.75 Å². The molecule has 1 aromatic rings. The highest BCUT2D eigenvalue weighted by Gasteiger charge is 2.44. The van der Waals surface area contributed by atoms with Gasteiger partial charge in [-0.3, -0.25) is 4.79 Å². The van der Waals surface area contributed by atoms with Crippen LogP contribution in [0.15, 0.2) is 18.2 Å². The third-order valence-electron chi connectivity index (χ3n) is 4.84. The van der Waals surface area contributed by atoms with E-state index in [2.05, 4.69) is 16.7 Å². The fourth-order valence-electron chi connectivity index (χ4n) is 3.37. The number of aliphatic hydroxyl groups excluding tert-OH is 1. The predicted molar refractivity (Wildman–Crippen MR) is 88.3 cm³/mol. The molecule has 0 bridgehead atoms. The van der Waals surface area contributed by atoms with Crippen molar-refractivity contribution in [2.45, 2.75) is 44.4 Å². The molecule has 24 heavy (non-hydrogen) atoms. The van der Waals surface area contributed by atoms with E-state index in [1.54, 1.807) is 32.0 Å². The van der Waals surface area contributed by atoms with Gasteiger partial charge in [-0.15, -0.1) is 0 Å². The molecule has 6 nitrogen and oxygen atoms in total. The van der Waals surface area contributed by atoms with Crippen molar-refractivity contribution in [1.29, 1.82) is 5.26 Å². The van der Waals surface area contributed by atoms with Crippen molar-refractivity contribution in [2.75, 3.05) is 13.1 Å². The number of carbonyl (C=O) groups is 1. The average Bonchev–Trinajstić information content (AvgIpc) is 2.59. The van der Waals surface area contributed by atoms with E-state index in [9.17, 15) is 9.90 Å². The Kier molecular flexibility index (Phi) is 4.48. The van der Waals surface area contributed by atoms with Crippen LogP contribution >= 0.6 is 0 Å². The Hall–Kier alpha value is -2.10. The third kappa shape index (κ3) is 3.10. The molecular weight excluding hydrogens is 306 g/mol. The third-order valence-corrected chi connectivity index (χ3v) is 4.84. The largest absolute Gasteiger partial charge is 0.485 e. The molecule has 3 N–H and O–H groups in total. The van der Waals surface area contributed by atoms with Crippen molar-refractivity contribution in [1.82, 2.24) is 10.6 Å². The van der Waals surface area contributed by atoms with Gasteiger partial charge in [0.15, 0.2) is 0 Å². The molecule has 2 heterocycles. The van der Waals surface area contributed by atoms with Crippen LogP contribution in [0.1, 0.15) is 43.9 Å². The zero-order valence-corrected chi connectivity index (χ0v) is 14.0. The summed E-state index contributed by atoms with van der Waals surface area (Å²) in [7, 11) is 0. The molecule has 1 saturated heterocycles. The minimum absolute atomic E-state index is 0.0720. The number of rotatable bonds is 2. The molecule has 0 radical (unpaired) electrons. The summed E-state index contributed by atoms with van der Waals surface area (Å²) in [6, 6.07) is 6.58. The Balaban J connectivity index is 1.90. The molecule has 3 atom stereocenters. The number of ether oxygens (including phenoxy) is 1. The first-order valence-electron chi connectivity index (χ1n) is 8.34. The highest BCUT2D eigenvalue weighted by atomic mass is 16.5. The molecule has 1 amide bonds. The Morgan fingerprint density at radius 1 is 1.50 bits per heavy atom. The van der Waals surface area contributed by atoms with Gasteiger partial charge in [-0.05, 0) is 51.4 Å². The van der Waals surface area contributed by atoms with E-state index in [-0.39, 0.29) is 11.8 Å². The van der Waals surface area contributed by atoms with Crippen molar-refractivity contribution in [2.24, 2.45) is 5.92 Å². The average molecular weight is 329 g/mol. The second-order valence-electron chi connectivity index (χ2n) is 7.04. The smallest absolute Gasteiger partial charge is 0.224 e. The zero-order valence-electron chi connectivity index (χ0n) is 14.0. The SMILES string of the molecule is CC1(C)Oc2ccc(C#N)cc2[C@@H](NC(=O)C2CCCNC2)[C@@H]1O. The minimum Gasteiger partial charge on any atom is -0.485 e. The molecule has 0 aromatic heterocycles. The van der Waals surface area contributed by atoms with Gasteiger partial charge in [-0.2, -0.15) is 5.26 Å². The second-order valence-corrected chi connectivity index (χ2v) is 7.04. The number of nitriles is 1. The highest BCUT2D eigenvalue weighted by molar-refractivity contribution is 5.79. The summed E-state index contributed by atoms with van der Waals surface area (Å²) in [5.74, 6) is 0.424. The predicted octanol–water partition coefficient (Wildman–Crippen LogP) is 1.25. The molecule has 128 valence electrons. The van der Waals surface area contributed by atoms with Crippen molar-refractivity contribution in [3.63, 3.8) is 0 Å². The monoisotopic (exact) mass is 329 g/mol. The van der Waals surface area contributed by atoms with Crippen molar-refractivity contribution in [3.05, 3.63) is 29.3 Å². The van der Waals surface area contributed by atoms with Crippen LogP contribution in [-0.2, 0) is 4.79 Å². The maximum atomic E-state index is 12.6. The first-order valence-corrected chi connectivity index (χ1v) is 8.34. The highest BCUT2D eigenvalue weighted by Crippen LogP contribution is 2.40. The van der Waals surface area contributed by atoms with Gasteiger partial charge in [0, 0.05) is 12.1 Å². The maximum absolute atomic E-state index is 12.6. The molecule has 2 aliphatic heterocycles. The lowest BCUT2D eigenvalue weighted by Gasteiger charge is -2.42. The van der Waals surface area contributed by atoms with Crippen molar-refractivity contribution in [3.8, 4) is 11.8 Å². The molecular formula is C18H23N3O3. The summed E-state index contributed by atoms with van der Waals surface area (Å²) in [4.78, 5) is 12.6. The lowest BCUT2D eigenvalue weighted by Crippen LogP contribution is -2.54. The van der Waals surface area contributed by atoms with E-state index in [4.69, 9.17) is 10.00 Å². The van der Waals surface area contributed by atoms with Gasteiger partial charge >= 0.3 is 0 Å². The number of nitrogens with one attached hydrogen (secondary N) is 2. The number of piperidine rings is 1.